The smallest absolute Gasteiger partial charge is 0.169 e. The Labute approximate surface area is 187 Å². The van der Waals surface area contributed by atoms with Crippen molar-refractivity contribution in [3.63, 3.8) is 0 Å². The minimum Gasteiger partial charge on any atom is -0.353 e. The van der Waals surface area contributed by atoms with Crippen molar-refractivity contribution in [2.45, 2.75) is 6.92 Å². The van der Waals surface area contributed by atoms with Crippen LogP contribution in [0.3, 0.4) is 0 Å². The molecule has 5 aromatic heterocycles. The zero-order valence-electron chi connectivity index (χ0n) is 17.1. The second-order valence-corrected chi connectivity index (χ2v) is 8.65. The van der Waals surface area contributed by atoms with Crippen LogP contribution in [-0.2, 0) is 0 Å². The number of H-pyrrole nitrogens is 2. The van der Waals surface area contributed by atoms with E-state index in [-0.39, 0.29) is 5.78 Å². The number of thiophene rings is 1. The first-order valence-corrected chi connectivity index (χ1v) is 11.0. The van der Waals surface area contributed by atoms with Crippen LogP contribution in [0.2, 0.25) is 0 Å². The molecular weight excluding hydrogens is 418 g/mol. The number of rotatable bonds is 4. The first kappa shape index (κ1) is 18.7. The summed E-state index contributed by atoms with van der Waals surface area (Å²) in [5.41, 5.74) is 7.32. The summed E-state index contributed by atoms with van der Waals surface area (Å²) in [4.78, 5) is 26.0. The first-order chi connectivity index (χ1) is 15.7. The van der Waals surface area contributed by atoms with E-state index < -0.39 is 0 Å². The van der Waals surface area contributed by atoms with E-state index in [9.17, 15) is 4.79 Å². The highest BCUT2D eigenvalue weighted by Gasteiger charge is 2.16. The van der Waals surface area contributed by atoms with E-state index in [2.05, 4.69) is 32.3 Å². The van der Waals surface area contributed by atoms with E-state index in [0.29, 0.717) is 0 Å². The Kier molecular flexibility index (Phi) is 4.22. The molecule has 0 saturated carbocycles. The molecule has 0 bridgehead atoms. The fourth-order valence-corrected chi connectivity index (χ4v) is 4.88. The van der Waals surface area contributed by atoms with E-state index in [0.717, 1.165) is 59.9 Å². The van der Waals surface area contributed by atoms with Gasteiger partial charge in [-0.25, -0.2) is 4.98 Å². The third-order valence-electron chi connectivity index (χ3n) is 5.52. The molecule has 1 aromatic carbocycles. The van der Waals surface area contributed by atoms with Crippen LogP contribution in [0.5, 0.6) is 0 Å². The summed E-state index contributed by atoms with van der Waals surface area (Å²) in [7, 11) is 0. The number of pyridine rings is 2. The van der Waals surface area contributed by atoms with Gasteiger partial charge in [0.2, 0.25) is 0 Å². The molecule has 0 amide bonds. The monoisotopic (exact) mass is 435 g/mol. The highest BCUT2D eigenvalue weighted by atomic mass is 32.1. The van der Waals surface area contributed by atoms with Crippen molar-refractivity contribution in [3.8, 4) is 33.1 Å². The molecule has 0 atom stereocenters. The number of aromatic amines is 2. The summed E-state index contributed by atoms with van der Waals surface area (Å²) in [6.07, 6.45) is 3.53. The Morgan fingerprint density at radius 1 is 0.969 bits per heavy atom. The molecule has 0 aliphatic carbocycles. The number of nitrogens with zero attached hydrogens (tertiary/aromatic N) is 3. The van der Waals surface area contributed by atoms with Crippen LogP contribution in [0.25, 0.3) is 55.0 Å². The van der Waals surface area contributed by atoms with Crippen molar-refractivity contribution < 1.29 is 4.79 Å². The zero-order chi connectivity index (χ0) is 21.7. The van der Waals surface area contributed by atoms with E-state index in [1.54, 1.807) is 19.3 Å². The zero-order valence-corrected chi connectivity index (χ0v) is 17.9. The van der Waals surface area contributed by atoms with Crippen LogP contribution in [0.1, 0.15) is 16.6 Å². The van der Waals surface area contributed by atoms with Crippen molar-refractivity contribution in [1.82, 2.24) is 25.1 Å². The molecule has 6 rings (SSSR count). The minimum atomic E-state index is 0.0854. The SMILES string of the molecule is CC(=O)c1ccc(-c2cccc3[nH]c(-c4n[nH]c5ccc(-c6ccncc6)nc45)cc23)s1. The van der Waals surface area contributed by atoms with Crippen LogP contribution in [0.4, 0.5) is 0 Å². The number of carbonyl (C=O) groups is 1. The number of ketones is 1. The number of carbonyl (C=O) groups excluding carboxylic acids is 1. The second-order valence-electron chi connectivity index (χ2n) is 7.57. The van der Waals surface area contributed by atoms with Gasteiger partial charge in [0.25, 0.3) is 0 Å². The Morgan fingerprint density at radius 2 is 1.84 bits per heavy atom. The summed E-state index contributed by atoms with van der Waals surface area (Å²) in [6.45, 7) is 1.60. The fraction of sp³-hybridized carbons (Fsp3) is 0.0400. The lowest BCUT2D eigenvalue weighted by atomic mass is 10.1. The van der Waals surface area contributed by atoms with Crippen molar-refractivity contribution in [2.75, 3.05) is 0 Å². The van der Waals surface area contributed by atoms with Gasteiger partial charge in [-0.15, -0.1) is 11.3 Å². The van der Waals surface area contributed by atoms with Gasteiger partial charge in [-0.05, 0) is 55.5 Å². The summed E-state index contributed by atoms with van der Waals surface area (Å²) in [6, 6.07) is 20.0. The maximum Gasteiger partial charge on any atom is 0.169 e. The number of nitrogens with one attached hydrogen (secondary N) is 2. The normalized spacial score (nSPS) is 11.4. The van der Waals surface area contributed by atoms with Crippen LogP contribution >= 0.6 is 11.3 Å². The molecule has 0 fully saturated rings. The van der Waals surface area contributed by atoms with Crippen molar-refractivity contribution in [3.05, 3.63) is 77.9 Å². The van der Waals surface area contributed by atoms with Gasteiger partial charge in [0, 0.05) is 39.3 Å². The van der Waals surface area contributed by atoms with E-state index >= 15 is 0 Å². The van der Waals surface area contributed by atoms with Gasteiger partial charge in [-0.1, -0.05) is 12.1 Å². The predicted molar refractivity (Wildman–Crippen MR) is 128 cm³/mol. The third kappa shape index (κ3) is 3.02. The summed E-state index contributed by atoms with van der Waals surface area (Å²) in [5.74, 6) is 0.0854. The van der Waals surface area contributed by atoms with Crippen molar-refractivity contribution in [1.29, 1.82) is 0 Å². The first-order valence-electron chi connectivity index (χ1n) is 10.2. The van der Waals surface area contributed by atoms with Crippen LogP contribution in [0, 0.1) is 0 Å². The molecule has 0 aliphatic rings. The maximum atomic E-state index is 11.7. The van der Waals surface area contributed by atoms with Gasteiger partial charge < -0.3 is 4.98 Å². The highest BCUT2D eigenvalue weighted by molar-refractivity contribution is 7.17. The Bertz CT molecular complexity index is 1610. The molecule has 7 heteroatoms. The molecule has 6 aromatic rings. The lowest BCUT2D eigenvalue weighted by Gasteiger charge is -2.00. The van der Waals surface area contributed by atoms with Crippen molar-refractivity contribution in [2.24, 2.45) is 0 Å². The maximum absolute atomic E-state index is 11.7. The molecule has 0 spiro atoms. The third-order valence-corrected chi connectivity index (χ3v) is 6.74. The molecule has 32 heavy (non-hydrogen) atoms. The minimum absolute atomic E-state index is 0.0854. The van der Waals surface area contributed by atoms with Crippen LogP contribution < -0.4 is 0 Å². The largest absolute Gasteiger partial charge is 0.353 e. The average Bonchev–Trinajstić information content (AvgIpc) is 3.56. The lowest BCUT2D eigenvalue weighted by Crippen LogP contribution is -1.86. The molecule has 0 saturated heterocycles. The second kappa shape index (κ2) is 7.25. The van der Waals surface area contributed by atoms with Crippen molar-refractivity contribution >= 4 is 39.1 Å². The summed E-state index contributed by atoms with van der Waals surface area (Å²) >= 11 is 1.52. The molecule has 5 heterocycles. The quantitative estimate of drug-likeness (QED) is 0.328. The molecule has 0 radical (unpaired) electrons. The molecular formula is C25H17N5OS. The van der Waals surface area contributed by atoms with Gasteiger partial charge >= 0.3 is 0 Å². The Morgan fingerprint density at radius 3 is 2.66 bits per heavy atom. The molecule has 0 unspecified atom stereocenters. The molecule has 2 N–H and O–H groups in total. The van der Waals surface area contributed by atoms with E-state index in [1.807, 2.05) is 48.5 Å². The lowest BCUT2D eigenvalue weighted by molar-refractivity contribution is 0.102. The van der Waals surface area contributed by atoms with Gasteiger partial charge in [0.15, 0.2) is 5.78 Å². The van der Waals surface area contributed by atoms with Crippen LogP contribution in [0.15, 0.2) is 73.1 Å². The summed E-state index contributed by atoms with van der Waals surface area (Å²) < 4.78 is 0. The number of fused-ring (bicyclic) bond motifs is 2. The molecule has 0 aliphatic heterocycles. The number of aromatic nitrogens is 5. The molecule has 154 valence electrons. The van der Waals surface area contributed by atoms with Gasteiger partial charge in [-0.3, -0.25) is 14.9 Å². The Hall–Kier alpha value is -4.10. The average molecular weight is 436 g/mol. The van der Waals surface area contributed by atoms with E-state index in [1.165, 1.54) is 11.3 Å². The number of Topliss-reactive ketones (excluding diaryl/α,β-unsaturated/α-hetero) is 1. The fourth-order valence-electron chi connectivity index (χ4n) is 3.94. The summed E-state index contributed by atoms with van der Waals surface area (Å²) in [5, 5.41) is 8.73. The standard InChI is InChI=1S/C25H17N5OS/c1-14(31)22-7-8-23(32-22)16-3-2-4-19-17(16)13-21(27-19)25-24-20(29-30-25)6-5-18(28-24)15-9-11-26-12-10-15/h2-13,27H,1H3,(H,29,30). The topological polar surface area (TPSA) is 87.3 Å². The van der Waals surface area contributed by atoms with E-state index in [4.69, 9.17) is 4.98 Å². The van der Waals surface area contributed by atoms with Crippen LogP contribution in [-0.4, -0.2) is 30.9 Å². The predicted octanol–water partition coefficient (Wildman–Crippen LogP) is 6.10. The van der Waals surface area contributed by atoms with Gasteiger partial charge in [-0.2, -0.15) is 5.10 Å². The number of hydrogen-bond donors (Lipinski definition) is 2. The number of hydrogen-bond acceptors (Lipinski definition) is 5. The molecule has 6 nitrogen and oxygen atoms in total. The van der Waals surface area contributed by atoms with Gasteiger partial charge in [0.05, 0.1) is 21.8 Å². The number of benzene rings is 1. The Balaban J connectivity index is 1.49. The highest BCUT2D eigenvalue weighted by Crippen LogP contribution is 2.37. The van der Waals surface area contributed by atoms with Gasteiger partial charge in [0.1, 0.15) is 11.2 Å².